The van der Waals surface area contributed by atoms with Crippen molar-refractivity contribution in [2.75, 3.05) is 0 Å². The van der Waals surface area contributed by atoms with E-state index in [2.05, 4.69) is 4.98 Å². The van der Waals surface area contributed by atoms with Gasteiger partial charge in [0.1, 0.15) is 11.4 Å². The molecule has 0 N–H and O–H groups in total. The van der Waals surface area contributed by atoms with Crippen molar-refractivity contribution in [3.8, 4) is 0 Å². The number of alkyl halides is 2. The maximum absolute atomic E-state index is 12.3. The van der Waals surface area contributed by atoms with Crippen LogP contribution in [-0.2, 0) is 0 Å². The molecule has 0 unspecified atom stereocenters. The zero-order valence-electron chi connectivity index (χ0n) is 7.91. The first-order valence-electron chi connectivity index (χ1n) is 3.98. The Morgan fingerprint density at radius 1 is 1.62 bits per heavy atom. The molecule has 1 aromatic rings. The molecule has 0 fully saturated rings. The first kappa shape index (κ1) is 12.4. The minimum atomic E-state index is -3.01. The van der Waals surface area contributed by atoms with Crippen LogP contribution in [0, 0.1) is 17.0 Å². The van der Waals surface area contributed by atoms with Crippen molar-refractivity contribution in [3.63, 3.8) is 0 Å². The molecule has 1 aromatic heterocycles. The molecule has 0 bridgehead atoms. The number of aromatic nitrogens is 1. The van der Waals surface area contributed by atoms with Crippen LogP contribution in [0.2, 0.25) is 0 Å². The Kier molecular flexibility index (Phi) is 3.48. The van der Waals surface area contributed by atoms with Crippen molar-refractivity contribution >= 4 is 22.5 Å². The maximum atomic E-state index is 12.3. The van der Waals surface area contributed by atoms with Crippen LogP contribution in [0.15, 0.2) is 6.07 Å². The third-order valence-corrected chi connectivity index (χ3v) is 2.05. The molecule has 0 amide bonds. The number of carbonyl (C=O) groups excluding carboxylic acids is 1. The third kappa shape index (κ3) is 2.30. The average Bonchev–Trinajstić information content (AvgIpc) is 2.16. The highest BCUT2D eigenvalue weighted by atomic mass is 35.5. The van der Waals surface area contributed by atoms with Gasteiger partial charge in [-0.25, -0.2) is 13.8 Å². The lowest BCUT2D eigenvalue weighted by atomic mass is 10.1. The van der Waals surface area contributed by atoms with Gasteiger partial charge >= 0.3 is 0 Å². The molecular weight excluding hydrogens is 246 g/mol. The van der Waals surface area contributed by atoms with E-state index >= 15 is 0 Å². The summed E-state index contributed by atoms with van der Waals surface area (Å²) in [5, 5.41) is 9.44. The number of nitro groups is 1. The van der Waals surface area contributed by atoms with Crippen LogP contribution < -0.4 is 0 Å². The second-order valence-corrected chi connectivity index (χ2v) is 3.21. The Labute approximate surface area is 93.2 Å². The number of rotatable bonds is 3. The molecule has 0 aliphatic carbocycles. The van der Waals surface area contributed by atoms with Gasteiger partial charge < -0.3 is 0 Å². The summed E-state index contributed by atoms with van der Waals surface area (Å²) < 4.78 is 24.7. The van der Waals surface area contributed by atoms with Gasteiger partial charge in [0.2, 0.25) is 0 Å². The summed E-state index contributed by atoms with van der Waals surface area (Å²) in [6.45, 7) is 1.22. The fourth-order valence-corrected chi connectivity index (χ4v) is 1.29. The highest BCUT2D eigenvalue weighted by molar-refractivity contribution is 6.67. The Hall–Kier alpha value is -1.63. The summed E-state index contributed by atoms with van der Waals surface area (Å²) >= 11 is 5.09. The van der Waals surface area contributed by atoms with Gasteiger partial charge in [-0.1, -0.05) is 0 Å². The Balaban J connectivity index is 3.51. The van der Waals surface area contributed by atoms with Gasteiger partial charge in [0, 0.05) is 6.07 Å². The van der Waals surface area contributed by atoms with Crippen molar-refractivity contribution in [1.82, 2.24) is 4.98 Å². The van der Waals surface area contributed by atoms with Crippen LogP contribution in [0.25, 0.3) is 0 Å². The quantitative estimate of drug-likeness (QED) is 0.469. The molecule has 0 spiro atoms. The van der Waals surface area contributed by atoms with Crippen molar-refractivity contribution < 1.29 is 18.5 Å². The summed E-state index contributed by atoms with van der Waals surface area (Å²) in [4.78, 5) is 23.8. The summed E-state index contributed by atoms with van der Waals surface area (Å²) in [5.74, 6) is 0. The summed E-state index contributed by atoms with van der Waals surface area (Å²) in [5.41, 5.74) is -2.10. The normalized spacial score (nSPS) is 10.6. The molecule has 16 heavy (non-hydrogen) atoms. The van der Waals surface area contributed by atoms with E-state index < -0.39 is 33.7 Å². The predicted octanol–water partition coefficient (Wildman–Crippen LogP) is 2.61. The highest BCUT2D eigenvalue weighted by Crippen LogP contribution is 2.27. The molecule has 0 aliphatic rings. The number of hydrogen-bond donors (Lipinski definition) is 0. The van der Waals surface area contributed by atoms with Gasteiger partial charge in [-0.3, -0.25) is 14.9 Å². The van der Waals surface area contributed by atoms with Crippen LogP contribution in [0.1, 0.15) is 28.2 Å². The molecule has 1 heterocycles. The summed E-state index contributed by atoms with van der Waals surface area (Å²) in [6.07, 6.45) is -3.01. The molecule has 0 aromatic carbocycles. The number of nitrogens with zero attached hydrogens (tertiary/aromatic N) is 2. The summed E-state index contributed by atoms with van der Waals surface area (Å²) in [6, 6.07) is 0.628. The second-order valence-electron chi connectivity index (χ2n) is 2.87. The van der Waals surface area contributed by atoms with Gasteiger partial charge in [0.15, 0.2) is 0 Å². The first-order chi connectivity index (χ1) is 7.34. The van der Waals surface area contributed by atoms with Gasteiger partial charge in [0.25, 0.3) is 17.4 Å². The maximum Gasteiger partial charge on any atom is 0.280 e. The number of hydrogen-bond acceptors (Lipinski definition) is 4. The second kappa shape index (κ2) is 4.48. The minimum Gasteiger partial charge on any atom is -0.274 e. The molecule has 5 nitrogen and oxygen atoms in total. The first-order valence-corrected chi connectivity index (χ1v) is 4.36. The van der Waals surface area contributed by atoms with Crippen LogP contribution >= 0.6 is 11.6 Å². The van der Waals surface area contributed by atoms with E-state index in [0.717, 1.165) is 0 Å². The van der Waals surface area contributed by atoms with E-state index in [0.29, 0.717) is 6.07 Å². The molecule has 0 aliphatic heterocycles. The van der Waals surface area contributed by atoms with Gasteiger partial charge in [-0.2, -0.15) is 0 Å². The third-order valence-electron chi connectivity index (χ3n) is 1.87. The van der Waals surface area contributed by atoms with Gasteiger partial charge in [-0.05, 0) is 18.5 Å². The Bertz CT molecular complexity index is 430. The topological polar surface area (TPSA) is 73.1 Å². The van der Waals surface area contributed by atoms with Crippen molar-refractivity contribution in [2.45, 2.75) is 13.3 Å². The van der Waals surface area contributed by atoms with Gasteiger partial charge in [-0.15, -0.1) is 0 Å². The van der Waals surface area contributed by atoms with E-state index in [9.17, 15) is 23.7 Å². The standard InChI is InChI=1S/C8H5ClF2N2O3/c1-3-5(13(15)16)2-4(8(10)11)12-6(3)7(9)14/h2,8H,1H3. The van der Waals surface area contributed by atoms with Crippen LogP contribution in [0.3, 0.4) is 0 Å². The van der Waals surface area contributed by atoms with Crippen LogP contribution in [0.4, 0.5) is 14.5 Å². The number of pyridine rings is 1. The molecule has 8 heteroatoms. The zero-order chi connectivity index (χ0) is 12.5. The summed E-state index contributed by atoms with van der Waals surface area (Å²) in [7, 11) is 0. The van der Waals surface area contributed by atoms with Crippen molar-refractivity contribution in [2.24, 2.45) is 0 Å². The largest absolute Gasteiger partial charge is 0.280 e. The van der Waals surface area contributed by atoms with Crippen LogP contribution in [-0.4, -0.2) is 15.1 Å². The number of carbonyl (C=O) groups is 1. The predicted molar refractivity (Wildman–Crippen MR) is 50.8 cm³/mol. The molecular formula is C8H5ClF2N2O3. The minimum absolute atomic E-state index is 0.130. The fourth-order valence-electron chi connectivity index (χ4n) is 1.11. The smallest absolute Gasteiger partial charge is 0.274 e. The van der Waals surface area contributed by atoms with E-state index in [-0.39, 0.29) is 5.56 Å². The molecule has 0 radical (unpaired) electrons. The molecule has 86 valence electrons. The fraction of sp³-hybridized carbons (Fsp3) is 0.250. The number of halogens is 3. The molecule has 0 atom stereocenters. The Morgan fingerprint density at radius 3 is 2.56 bits per heavy atom. The molecule has 0 saturated carbocycles. The van der Waals surface area contributed by atoms with Crippen LogP contribution in [0.5, 0.6) is 0 Å². The Morgan fingerprint density at radius 2 is 2.19 bits per heavy atom. The lowest BCUT2D eigenvalue weighted by Gasteiger charge is -2.04. The van der Waals surface area contributed by atoms with E-state index in [1.54, 1.807) is 0 Å². The van der Waals surface area contributed by atoms with E-state index in [1.807, 2.05) is 0 Å². The SMILES string of the molecule is Cc1c([N+](=O)[O-])cc(C(F)F)nc1C(=O)Cl. The lowest BCUT2D eigenvalue weighted by molar-refractivity contribution is -0.385. The average molecular weight is 251 g/mol. The van der Waals surface area contributed by atoms with Gasteiger partial charge in [0.05, 0.1) is 10.5 Å². The highest BCUT2D eigenvalue weighted by Gasteiger charge is 2.24. The lowest BCUT2D eigenvalue weighted by Crippen LogP contribution is -2.06. The van der Waals surface area contributed by atoms with Crippen molar-refractivity contribution in [1.29, 1.82) is 0 Å². The molecule has 0 saturated heterocycles. The van der Waals surface area contributed by atoms with E-state index in [4.69, 9.17) is 11.6 Å². The van der Waals surface area contributed by atoms with Crippen molar-refractivity contribution in [3.05, 3.63) is 33.1 Å². The zero-order valence-corrected chi connectivity index (χ0v) is 8.66. The monoisotopic (exact) mass is 250 g/mol. The van der Waals surface area contributed by atoms with E-state index in [1.165, 1.54) is 6.92 Å². The molecule has 1 rings (SSSR count).